The van der Waals surface area contributed by atoms with Crippen molar-refractivity contribution >= 4 is 30.7 Å². The van der Waals surface area contributed by atoms with Crippen molar-refractivity contribution in [1.82, 2.24) is 9.80 Å². The van der Waals surface area contributed by atoms with Crippen molar-refractivity contribution in [3.05, 3.63) is 0 Å². The maximum Gasteiger partial charge on any atom is 0.230 e. The van der Waals surface area contributed by atoms with Crippen LogP contribution in [-0.4, -0.2) is 56.0 Å². The summed E-state index contributed by atoms with van der Waals surface area (Å²) in [5.41, 5.74) is 5.70. The predicted molar refractivity (Wildman–Crippen MR) is 92.3 cm³/mol. The van der Waals surface area contributed by atoms with Crippen LogP contribution in [0.1, 0.15) is 38.5 Å². The molecule has 0 atom stereocenters. The van der Waals surface area contributed by atoms with Gasteiger partial charge in [-0.15, -0.1) is 24.8 Å². The molecule has 1 amide bonds. The van der Waals surface area contributed by atoms with Gasteiger partial charge >= 0.3 is 0 Å². The summed E-state index contributed by atoms with van der Waals surface area (Å²) in [6.07, 6.45) is 6.62. The Morgan fingerprint density at radius 3 is 2.14 bits per heavy atom. The minimum atomic E-state index is -0.214. The van der Waals surface area contributed by atoms with Crippen molar-refractivity contribution in [2.45, 2.75) is 38.5 Å². The van der Waals surface area contributed by atoms with Gasteiger partial charge in [-0.2, -0.15) is 0 Å². The van der Waals surface area contributed by atoms with Crippen LogP contribution in [0.25, 0.3) is 0 Å². The van der Waals surface area contributed by atoms with E-state index in [-0.39, 0.29) is 30.2 Å². The van der Waals surface area contributed by atoms with Gasteiger partial charge in [0, 0.05) is 26.2 Å². The molecular formula is C15H31Cl2N3O. The van der Waals surface area contributed by atoms with Gasteiger partial charge in [0.25, 0.3) is 0 Å². The standard InChI is InChI=1S/C15H29N3O.2ClH/c1-17(2)11-13-5-9-18(10-6-13)14(19)15(12-16)7-3-4-8-15;;/h13H,3-12,16H2,1-2H3;2*1H. The number of amides is 1. The molecule has 2 N–H and O–H groups in total. The van der Waals surface area contributed by atoms with Crippen LogP contribution in [0.15, 0.2) is 0 Å². The van der Waals surface area contributed by atoms with Gasteiger partial charge in [0.1, 0.15) is 0 Å². The molecule has 2 fully saturated rings. The van der Waals surface area contributed by atoms with E-state index in [1.807, 2.05) is 0 Å². The first-order valence-electron chi connectivity index (χ1n) is 7.71. The fourth-order valence-corrected chi connectivity index (χ4v) is 3.73. The van der Waals surface area contributed by atoms with Gasteiger partial charge in [-0.25, -0.2) is 0 Å². The van der Waals surface area contributed by atoms with Crippen LogP contribution >= 0.6 is 24.8 Å². The topological polar surface area (TPSA) is 49.6 Å². The summed E-state index contributed by atoms with van der Waals surface area (Å²) in [6, 6.07) is 0. The molecule has 1 heterocycles. The zero-order chi connectivity index (χ0) is 13.9. The van der Waals surface area contributed by atoms with Gasteiger partial charge < -0.3 is 15.5 Å². The third-order valence-electron chi connectivity index (χ3n) is 4.93. The average molecular weight is 340 g/mol. The van der Waals surface area contributed by atoms with Crippen molar-refractivity contribution in [3.63, 3.8) is 0 Å². The van der Waals surface area contributed by atoms with Crippen LogP contribution in [0.3, 0.4) is 0 Å². The van der Waals surface area contributed by atoms with E-state index in [1.54, 1.807) is 0 Å². The Balaban J connectivity index is 0.00000200. The Labute approximate surface area is 141 Å². The monoisotopic (exact) mass is 339 g/mol. The van der Waals surface area contributed by atoms with Gasteiger partial charge in [-0.3, -0.25) is 4.79 Å². The quantitative estimate of drug-likeness (QED) is 0.853. The van der Waals surface area contributed by atoms with E-state index >= 15 is 0 Å². The zero-order valence-corrected chi connectivity index (χ0v) is 15.0. The third kappa shape index (κ3) is 4.98. The van der Waals surface area contributed by atoms with Crippen LogP contribution in [0.2, 0.25) is 0 Å². The van der Waals surface area contributed by atoms with E-state index in [4.69, 9.17) is 5.73 Å². The maximum atomic E-state index is 12.7. The van der Waals surface area contributed by atoms with E-state index in [0.717, 1.165) is 51.2 Å². The lowest BCUT2D eigenvalue weighted by Gasteiger charge is -2.38. The molecule has 0 aromatic heterocycles. The fraction of sp³-hybridized carbons (Fsp3) is 0.933. The summed E-state index contributed by atoms with van der Waals surface area (Å²) in [5, 5.41) is 0. The molecule has 0 aromatic carbocycles. The first-order chi connectivity index (χ1) is 9.07. The summed E-state index contributed by atoms with van der Waals surface area (Å²) in [7, 11) is 4.25. The lowest BCUT2D eigenvalue weighted by atomic mass is 9.83. The number of rotatable bonds is 4. The molecule has 126 valence electrons. The van der Waals surface area contributed by atoms with Crippen molar-refractivity contribution in [1.29, 1.82) is 0 Å². The third-order valence-corrected chi connectivity index (χ3v) is 4.93. The predicted octanol–water partition coefficient (Wildman–Crippen LogP) is 2.15. The number of likely N-dealkylation sites (tertiary alicyclic amines) is 1. The second-order valence-corrected chi connectivity index (χ2v) is 6.69. The Bertz CT molecular complexity index is 312. The summed E-state index contributed by atoms with van der Waals surface area (Å²) in [5.74, 6) is 1.09. The largest absolute Gasteiger partial charge is 0.342 e. The first kappa shape index (κ1) is 21.0. The summed E-state index contributed by atoms with van der Waals surface area (Å²) < 4.78 is 0. The van der Waals surface area contributed by atoms with Crippen LogP contribution in [-0.2, 0) is 4.79 Å². The molecule has 2 rings (SSSR count). The highest BCUT2D eigenvalue weighted by Gasteiger charge is 2.42. The molecule has 1 aliphatic carbocycles. The van der Waals surface area contributed by atoms with Gasteiger partial charge in [-0.1, -0.05) is 12.8 Å². The van der Waals surface area contributed by atoms with E-state index in [0.29, 0.717) is 12.5 Å². The number of piperidine rings is 1. The molecule has 0 radical (unpaired) electrons. The van der Waals surface area contributed by atoms with Gasteiger partial charge in [0.05, 0.1) is 5.41 Å². The van der Waals surface area contributed by atoms with Crippen molar-refractivity contribution < 1.29 is 4.79 Å². The number of nitrogens with zero attached hydrogens (tertiary/aromatic N) is 2. The second-order valence-electron chi connectivity index (χ2n) is 6.69. The highest BCUT2D eigenvalue weighted by Crippen LogP contribution is 2.39. The highest BCUT2D eigenvalue weighted by atomic mass is 35.5. The molecular weight excluding hydrogens is 309 g/mol. The zero-order valence-electron chi connectivity index (χ0n) is 13.3. The molecule has 1 aliphatic heterocycles. The molecule has 4 nitrogen and oxygen atoms in total. The van der Waals surface area contributed by atoms with Crippen molar-refractivity contribution in [2.75, 3.05) is 40.3 Å². The molecule has 1 saturated heterocycles. The number of hydrogen-bond donors (Lipinski definition) is 1. The molecule has 0 unspecified atom stereocenters. The molecule has 1 saturated carbocycles. The van der Waals surface area contributed by atoms with E-state index < -0.39 is 0 Å². The Morgan fingerprint density at radius 2 is 1.71 bits per heavy atom. The van der Waals surface area contributed by atoms with E-state index in [9.17, 15) is 4.79 Å². The Morgan fingerprint density at radius 1 is 1.19 bits per heavy atom. The van der Waals surface area contributed by atoms with Crippen LogP contribution < -0.4 is 5.73 Å². The normalized spacial score (nSPS) is 21.8. The lowest BCUT2D eigenvalue weighted by Crippen LogP contribution is -2.50. The molecule has 6 heteroatoms. The number of hydrogen-bond acceptors (Lipinski definition) is 3. The molecule has 21 heavy (non-hydrogen) atoms. The number of nitrogens with two attached hydrogens (primary N) is 1. The van der Waals surface area contributed by atoms with Gasteiger partial charge in [0.2, 0.25) is 5.91 Å². The summed E-state index contributed by atoms with van der Waals surface area (Å²) in [6.45, 7) is 3.53. The Kier molecular flexibility index (Phi) is 9.17. The van der Waals surface area contributed by atoms with Gasteiger partial charge in [0.15, 0.2) is 0 Å². The molecule has 2 aliphatic rings. The number of halogens is 2. The highest BCUT2D eigenvalue weighted by molar-refractivity contribution is 5.85. The van der Waals surface area contributed by atoms with E-state index in [2.05, 4.69) is 23.9 Å². The van der Waals surface area contributed by atoms with Gasteiger partial charge in [-0.05, 0) is 45.7 Å². The number of carbonyl (C=O) groups is 1. The van der Waals surface area contributed by atoms with E-state index in [1.165, 1.54) is 12.8 Å². The SMILES string of the molecule is CN(C)CC1CCN(C(=O)C2(CN)CCCC2)CC1.Cl.Cl. The van der Waals surface area contributed by atoms with Crippen molar-refractivity contribution in [3.8, 4) is 0 Å². The average Bonchev–Trinajstić information content (AvgIpc) is 2.88. The molecule has 0 spiro atoms. The fourth-order valence-electron chi connectivity index (χ4n) is 3.73. The minimum absolute atomic E-state index is 0. The minimum Gasteiger partial charge on any atom is -0.342 e. The summed E-state index contributed by atoms with van der Waals surface area (Å²) in [4.78, 5) is 17.1. The number of carbonyl (C=O) groups excluding carboxylic acids is 1. The maximum absolute atomic E-state index is 12.7. The van der Waals surface area contributed by atoms with Crippen LogP contribution in [0.4, 0.5) is 0 Å². The Hall–Kier alpha value is -0.0300. The second kappa shape index (κ2) is 9.19. The molecule has 0 bridgehead atoms. The lowest BCUT2D eigenvalue weighted by molar-refractivity contribution is -0.143. The van der Waals surface area contributed by atoms with Crippen molar-refractivity contribution in [2.24, 2.45) is 17.1 Å². The smallest absolute Gasteiger partial charge is 0.230 e. The molecule has 0 aromatic rings. The first-order valence-corrected chi connectivity index (χ1v) is 7.71. The summed E-state index contributed by atoms with van der Waals surface area (Å²) >= 11 is 0. The van der Waals surface area contributed by atoms with Crippen LogP contribution in [0.5, 0.6) is 0 Å². The van der Waals surface area contributed by atoms with Crippen LogP contribution in [0, 0.1) is 11.3 Å².